The van der Waals surface area contributed by atoms with Crippen molar-refractivity contribution in [1.29, 1.82) is 0 Å². The van der Waals surface area contributed by atoms with Crippen LogP contribution >= 0.6 is 0 Å². The molecule has 2 rings (SSSR count). The van der Waals surface area contributed by atoms with Crippen LogP contribution < -0.4 is 0 Å². The number of aryl methyl sites for hydroxylation is 1. The predicted molar refractivity (Wildman–Crippen MR) is 53.4 cm³/mol. The molecule has 0 aliphatic heterocycles. The van der Waals surface area contributed by atoms with Crippen molar-refractivity contribution in [2.45, 2.75) is 25.4 Å². The third-order valence-electron chi connectivity index (χ3n) is 2.54. The molecule has 1 atom stereocenters. The van der Waals surface area contributed by atoms with Gasteiger partial charge in [0.2, 0.25) is 0 Å². The summed E-state index contributed by atoms with van der Waals surface area (Å²) in [6.45, 7) is 4.55. The van der Waals surface area contributed by atoms with Crippen molar-refractivity contribution in [3.8, 4) is 0 Å². The summed E-state index contributed by atoms with van der Waals surface area (Å²) in [5.41, 5.74) is 2.84. The SMILES string of the molecule is [CH2]CCOC1CCc2ccccc21. The van der Waals surface area contributed by atoms with Crippen LogP contribution in [0.2, 0.25) is 0 Å². The van der Waals surface area contributed by atoms with E-state index in [0.717, 1.165) is 25.9 Å². The molecule has 1 unspecified atom stereocenters. The summed E-state index contributed by atoms with van der Waals surface area (Å²) in [7, 11) is 0. The molecule has 0 fully saturated rings. The Balaban J connectivity index is 2.09. The zero-order valence-electron chi connectivity index (χ0n) is 7.83. The number of hydrogen-bond acceptors (Lipinski definition) is 1. The van der Waals surface area contributed by atoms with Gasteiger partial charge < -0.3 is 4.74 Å². The van der Waals surface area contributed by atoms with Crippen LogP contribution in [0.1, 0.15) is 30.1 Å². The van der Waals surface area contributed by atoms with E-state index < -0.39 is 0 Å². The van der Waals surface area contributed by atoms with Crippen molar-refractivity contribution in [2.24, 2.45) is 0 Å². The van der Waals surface area contributed by atoms with Gasteiger partial charge in [-0.1, -0.05) is 31.2 Å². The van der Waals surface area contributed by atoms with Crippen LogP contribution in [0.15, 0.2) is 24.3 Å². The van der Waals surface area contributed by atoms with E-state index in [9.17, 15) is 0 Å². The lowest BCUT2D eigenvalue weighted by atomic mass is 10.1. The highest BCUT2D eigenvalue weighted by atomic mass is 16.5. The highest BCUT2D eigenvalue weighted by Crippen LogP contribution is 2.33. The lowest BCUT2D eigenvalue weighted by Crippen LogP contribution is -2.00. The van der Waals surface area contributed by atoms with E-state index in [1.54, 1.807) is 0 Å². The van der Waals surface area contributed by atoms with Gasteiger partial charge in [-0.2, -0.15) is 0 Å². The smallest absolute Gasteiger partial charge is 0.0830 e. The molecule has 1 nitrogen and oxygen atoms in total. The molecule has 0 N–H and O–H groups in total. The fourth-order valence-corrected chi connectivity index (χ4v) is 1.92. The highest BCUT2D eigenvalue weighted by molar-refractivity contribution is 5.33. The van der Waals surface area contributed by atoms with Crippen LogP contribution in [0.3, 0.4) is 0 Å². The van der Waals surface area contributed by atoms with E-state index in [1.165, 1.54) is 11.1 Å². The number of benzene rings is 1. The first-order valence-corrected chi connectivity index (χ1v) is 4.90. The first-order chi connectivity index (χ1) is 6.42. The number of fused-ring (bicyclic) bond motifs is 1. The van der Waals surface area contributed by atoms with Gasteiger partial charge in [-0.3, -0.25) is 0 Å². The van der Waals surface area contributed by atoms with Crippen molar-refractivity contribution in [2.75, 3.05) is 6.61 Å². The molecule has 13 heavy (non-hydrogen) atoms. The van der Waals surface area contributed by atoms with Gasteiger partial charge in [0.25, 0.3) is 0 Å². The molecule has 69 valence electrons. The Morgan fingerprint density at radius 2 is 2.23 bits per heavy atom. The van der Waals surface area contributed by atoms with Crippen molar-refractivity contribution >= 4 is 0 Å². The van der Waals surface area contributed by atoms with Gasteiger partial charge in [0, 0.05) is 6.61 Å². The molecule has 1 aromatic rings. The molecule has 1 heteroatoms. The number of hydrogen-bond donors (Lipinski definition) is 0. The maximum atomic E-state index is 5.72. The monoisotopic (exact) mass is 175 g/mol. The van der Waals surface area contributed by atoms with E-state index in [0.29, 0.717) is 6.10 Å². The standard InChI is InChI=1S/C12H15O/c1-2-9-13-12-8-7-10-5-3-4-6-11(10)12/h3-6,12H,1-2,7-9H2. The van der Waals surface area contributed by atoms with Crippen LogP contribution in [-0.4, -0.2) is 6.61 Å². The minimum absolute atomic E-state index is 0.331. The van der Waals surface area contributed by atoms with Gasteiger partial charge in [0.05, 0.1) is 6.10 Å². The fourth-order valence-electron chi connectivity index (χ4n) is 1.92. The van der Waals surface area contributed by atoms with E-state index in [1.807, 2.05) is 0 Å². The third kappa shape index (κ3) is 1.75. The molecule has 1 radical (unpaired) electrons. The van der Waals surface area contributed by atoms with Crippen LogP contribution in [0.4, 0.5) is 0 Å². The quantitative estimate of drug-likeness (QED) is 0.686. The normalized spacial score (nSPS) is 20.2. The largest absolute Gasteiger partial charge is 0.374 e. The Bertz CT molecular complexity index is 280. The van der Waals surface area contributed by atoms with E-state index >= 15 is 0 Å². The molecule has 1 aliphatic rings. The lowest BCUT2D eigenvalue weighted by molar-refractivity contribution is 0.0570. The van der Waals surface area contributed by atoms with Gasteiger partial charge in [0.1, 0.15) is 0 Å². The minimum Gasteiger partial charge on any atom is -0.374 e. The molecular formula is C12H15O. The predicted octanol–water partition coefficient (Wildman–Crippen LogP) is 2.91. The maximum Gasteiger partial charge on any atom is 0.0830 e. The van der Waals surface area contributed by atoms with Crippen LogP contribution in [-0.2, 0) is 11.2 Å². The Labute approximate surface area is 79.7 Å². The maximum absolute atomic E-state index is 5.72. The Morgan fingerprint density at radius 1 is 1.38 bits per heavy atom. The van der Waals surface area contributed by atoms with Crippen molar-refractivity contribution in [3.63, 3.8) is 0 Å². The zero-order chi connectivity index (χ0) is 9.10. The molecular weight excluding hydrogens is 160 g/mol. The topological polar surface area (TPSA) is 9.23 Å². The molecule has 0 saturated heterocycles. The summed E-state index contributed by atoms with van der Waals surface area (Å²) in [5.74, 6) is 0. The summed E-state index contributed by atoms with van der Waals surface area (Å²) >= 11 is 0. The molecule has 0 amide bonds. The number of ether oxygens (including phenoxy) is 1. The molecule has 0 bridgehead atoms. The molecule has 0 aromatic heterocycles. The number of rotatable bonds is 3. The average molecular weight is 175 g/mol. The van der Waals surface area contributed by atoms with Crippen molar-refractivity contribution < 1.29 is 4.74 Å². The summed E-state index contributed by atoms with van der Waals surface area (Å²) < 4.78 is 5.72. The highest BCUT2D eigenvalue weighted by Gasteiger charge is 2.21. The second-order valence-corrected chi connectivity index (χ2v) is 3.45. The lowest BCUT2D eigenvalue weighted by Gasteiger charge is -2.11. The summed E-state index contributed by atoms with van der Waals surface area (Å²) in [6, 6.07) is 8.56. The molecule has 0 saturated carbocycles. The Morgan fingerprint density at radius 3 is 3.08 bits per heavy atom. The second-order valence-electron chi connectivity index (χ2n) is 3.45. The third-order valence-corrected chi connectivity index (χ3v) is 2.54. The molecule has 0 spiro atoms. The van der Waals surface area contributed by atoms with Gasteiger partial charge in [-0.25, -0.2) is 0 Å². The van der Waals surface area contributed by atoms with E-state index in [-0.39, 0.29) is 0 Å². The Kier molecular flexibility index (Phi) is 2.65. The van der Waals surface area contributed by atoms with Gasteiger partial charge in [-0.05, 0) is 30.4 Å². The molecule has 1 aliphatic carbocycles. The summed E-state index contributed by atoms with van der Waals surface area (Å²) in [6.07, 6.45) is 3.49. The zero-order valence-corrected chi connectivity index (χ0v) is 7.83. The van der Waals surface area contributed by atoms with Crippen LogP contribution in [0, 0.1) is 6.92 Å². The first-order valence-electron chi connectivity index (χ1n) is 4.90. The van der Waals surface area contributed by atoms with E-state index in [2.05, 4.69) is 31.2 Å². The van der Waals surface area contributed by atoms with Crippen molar-refractivity contribution in [1.82, 2.24) is 0 Å². The van der Waals surface area contributed by atoms with Crippen LogP contribution in [0.5, 0.6) is 0 Å². The Hall–Kier alpha value is -0.820. The van der Waals surface area contributed by atoms with Gasteiger partial charge >= 0.3 is 0 Å². The average Bonchev–Trinajstić information content (AvgIpc) is 2.58. The van der Waals surface area contributed by atoms with Gasteiger partial charge in [0.15, 0.2) is 0 Å². The van der Waals surface area contributed by atoms with Gasteiger partial charge in [-0.15, -0.1) is 0 Å². The minimum atomic E-state index is 0.331. The summed E-state index contributed by atoms with van der Waals surface area (Å²) in [5, 5.41) is 0. The fraction of sp³-hybridized carbons (Fsp3) is 0.417. The molecule has 1 aromatic carbocycles. The van der Waals surface area contributed by atoms with Crippen LogP contribution in [0.25, 0.3) is 0 Å². The van der Waals surface area contributed by atoms with Crippen molar-refractivity contribution in [3.05, 3.63) is 42.3 Å². The first kappa shape index (κ1) is 8.76. The summed E-state index contributed by atoms with van der Waals surface area (Å²) in [4.78, 5) is 0. The van der Waals surface area contributed by atoms with E-state index in [4.69, 9.17) is 4.74 Å². The second kappa shape index (κ2) is 3.93. The molecule has 0 heterocycles.